The minimum atomic E-state index is -1.26. The van der Waals surface area contributed by atoms with E-state index >= 15 is 0 Å². The summed E-state index contributed by atoms with van der Waals surface area (Å²) >= 11 is 0. The van der Waals surface area contributed by atoms with Gasteiger partial charge in [0.25, 0.3) is 0 Å². The normalized spacial score (nSPS) is 11.9. The molecule has 0 unspecified atom stereocenters. The molecule has 3 heteroatoms. The van der Waals surface area contributed by atoms with E-state index in [9.17, 15) is 0 Å². The summed E-state index contributed by atoms with van der Waals surface area (Å²) in [6.45, 7) is 6.89. The third kappa shape index (κ3) is 1.68. The molecule has 2 aromatic rings. The Bertz CT molecular complexity index is 407. The number of rotatable bonds is 2. The Kier molecular flexibility index (Phi) is 2.11. The fourth-order valence-corrected chi connectivity index (χ4v) is 2.25. The Labute approximate surface area is 84.6 Å². The van der Waals surface area contributed by atoms with Crippen LogP contribution in [0, 0.1) is 0 Å². The third-order valence-corrected chi connectivity index (χ3v) is 4.22. The van der Waals surface area contributed by atoms with E-state index in [1.54, 1.807) is 6.26 Å². The van der Waals surface area contributed by atoms with Crippen molar-refractivity contribution in [1.29, 1.82) is 0 Å². The van der Waals surface area contributed by atoms with Gasteiger partial charge in [0.15, 0.2) is 11.5 Å². The first-order valence-corrected chi connectivity index (χ1v) is 8.20. The largest absolute Gasteiger partial charge is 0.461 e. The Morgan fingerprint density at radius 2 is 1.86 bits per heavy atom. The molecule has 74 valence electrons. The summed E-state index contributed by atoms with van der Waals surface area (Å²) in [6, 6.07) is 5.87. The molecule has 0 aliphatic carbocycles. The Balaban J connectivity index is 2.36. The van der Waals surface area contributed by atoms with Crippen molar-refractivity contribution in [3.63, 3.8) is 0 Å². The lowest BCUT2D eigenvalue weighted by Gasteiger charge is -2.11. The topological polar surface area (TPSA) is 26.3 Å². The van der Waals surface area contributed by atoms with Crippen molar-refractivity contribution in [3.05, 3.63) is 30.7 Å². The molecule has 2 nitrogen and oxygen atoms in total. The van der Waals surface area contributed by atoms with Gasteiger partial charge >= 0.3 is 0 Å². The average Bonchev–Trinajstić information content (AvgIpc) is 2.73. The summed E-state index contributed by atoms with van der Waals surface area (Å²) in [7, 11) is -1.26. The molecule has 2 aromatic heterocycles. The van der Waals surface area contributed by atoms with Crippen LogP contribution in [-0.4, -0.2) is 8.07 Å². The summed E-state index contributed by atoms with van der Waals surface area (Å²) in [5.41, 5.74) is 0. The van der Waals surface area contributed by atoms with Gasteiger partial charge in [-0.2, -0.15) is 0 Å². The quantitative estimate of drug-likeness (QED) is 0.706. The zero-order valence-corrected chi connectivity index (χ0v) is 9.70. The maximum absolute atomic E-state index is 5.48. The smallest absolute Gasteiger partial charge is 0.169 e. The van der Waals surface area contributed by atoms with Crippen LogP contribution >= 0.6 is 0 Å². The first-order chi connectivity index (χ1) is 6.57. The van der Waals surface area contributed by atoms with E-state index in [0.717, 1.165) is 11.5 Å². The molecule has 0 atom stereocenters. The van der Waals surface area contributed by atoms with Gasteiger partial charge in [-0.15, -0.1) is 0 Å². The average molecular weight is 206 g/mol. The third-order valence-electron chi connectivity index (χ3n) is 2.23. The van der Waals surface area contributed by atoms with Crippen LogP contribution < -0.4 is 5.19 Å². The molecule has 0 radical (unpaired) electrons. The van der Waals surface area contributed by atoms with Crippen LogP contribution in [0.25, 0.3) is 11.5 Å². The molecule has 2 heterocycles. The molecule has 0 amide bonds. The predicted octanol–water partition coefficient (Wildman–Crippen LogP) is 3.08. The highest BCUT2D eigenvalue weighted by Crippen LogP contribution is 2.20. The monoisotopic (exact) mass is 206 g/mol. The SMILES string of the molecule is C[Si](C)(C)c1coc(-c2ccco2)c1. The minimum absolute atomic E-state index is 0.800. The second-order valence-corrected chi connectivity index (χ2v) is 9.50. The van der Waals surface area contributed by atoms with Gasteiger partial charge in [-0.1, -0.05) is 19.6 Å². The van der Waals surface area contributed by atoms with Crippen LogP contribution in [0.15, 0.2) is 39.6 Å². The maximum atomic E-state index is 5.48. The van der Waals surface area contributed by atoms with Crippen molar-refractivity contribution in [2.24, 2.45) is 0 Å². The van der Waals surface area contributed by atoms with Gasteiger partial charge in [0.1, 0.15) is 0 Å². The second-order valence-electron chi connectivity index (χ2n) is 4.43. The maximum Gasteiger partial charge on any atom is 0.169 e. The fourth-order valence-electron chi connectivity index (χ4n) is 1.28. The molecule has 0 saturated carbocycles. The van der Waals surface area contributed by atoms with Gasteiger partial charge in [0.2, 0.25) is 0 Å². The lowest BCUT2D eigenvalue weighted by Crippen LogP contribution is -2.36. The molecule has 0 fully saturated rings. The van der Waals surface area contributed by atoms with Crippen LogP contribution in [0.2, 0.25) is 19.6 Å². The predicted molar refractivity (Wildman–Crippen MR) is 59.4 cm³/mol. The highest BCUT2D eigenvalue weighted by atomic mass is 28.3. The van der Waals surface area contributed by atoms with E-state index in [2.05, 4.69) is 25.7 Å². The molecular weight excluding hydrogens is 192 g/mol. The number of hydrogen-bond donors (Lipinski definition) is 0. The lowest BCUT2D eigenvalue weighted by molar-refractivity contribution is 0.525. The van der Waals surface area contributed by atoms with E-state index in [4.69, 9.17) is 8.83 Å². The summed E-state index contributed by atoms with van der Waals surface area (Å²) in [4.78, 5) is 0. The van der Waals surface area contributed by atoms with Crippen molar-refractivity contribution in [1.82, 2.24) is 0 Å². The molecule has 0 bridgehead atoms. The van der Waals surface area contributed by atoms with Crippen LogP contribution in [0.1, 0.15) is 0 Å². The van der Waals surface area contributed by atoms with E-state index in [1.165, 1.54) is 5.19 Å². The Morgan fingerprint density at radius 3 is 2.36 bits per heavy atom. The van der Waals surface area contributed by atoms with Gasteiger partial charge in [0, 0.05) is 0 Å². The van der Waals surface area contributed by atoms with Gasteiger partial charge in [-0.05, 0) is 23.4 Å². The summed E-state index contributed by atoms with van der Waals surface area (Å²) in [5, 5.41) is 1.32. The van der Waals surface area contributed by atoms with E-state index in [1.807, 2.05) is 18.4 Å². The number of hydrogen-bond acceptors (Lipinski definition) is 2. The van der Waals surface area contributed by atoms with E-state index < -0.39 is 8.07 Å². The molecule has 14 heavy (non-hydrogen) atoms. The molecule has 2 rings (SSSR count). The van der Waals surface area contributed by atoms with Crippen molar-refractivity contribution >= 4 is 13.3 Å². The highest BCUT2D eigenvalue weighted by molar-refractivity contribution is 6.88. The first-order valence-electron chi connectivity index (χ1n) is 4.70. The molecule has 0 N–H and O–H groups in total. The fraction of sp³-hybridized carbons (Fsp3) is 0.273. The van der Waals surface area contributed by atoms with Gasteiger partial charge in [-0.25, -0.2) is 0 Å². The van der Waals surface area contributed by atoms with Crippen LogP contribution in [0.3, 0.4) is 0 Å². The van der Waals surface area contributed by atoms with Crippen molar-refractivity contribution in [2.45, 2.75) is 19.6 Å². The second kappa shape index (κ2) is 3.17. The zero-order chi connectivity index (χ0) is 10.2. The van der Waals surface area contributed by atoms with Crippen molar-refractivity contribution < 1.29 is 8.83 Å². The van der Waals surface area contributed by atoms with E-state index in [-0.39, 0.29) is 0 Å². The lowest BCUT2D eigenvalue weighted by atomic mass is 10.3. The van der Waals surface area contributed by atoms with Crippen molar-refractivity contribution in [2.75, 3.05) is 0 Å². The molecule has 0 saturated heterocycles. The first kappa shape index (κ1) is 9.34. The summed E-state index contributed by atoms with van der Waals surface area (Å²) in [5.74, 6) is 1.63. The van der Waals surface area contributed by atoms with Crippen LogP contribution in [-0.2, 0) is 0 Å². The van der Waals surface area contributed by atoms with Gasteiger partial charge < -0.3 is 8.83 Å². The minimum Gasteiger partial charge on any atom is -0.461 e. The zero-order valence-electron chi connectivity index (χ0n) is 8.70. The standard InChI is InChI=1S/C11H14O2Si/c1-14(2,3)9-7-11(13-8-9)10-5-4-6-12-10/h4-8H,1-3H3. The Morgan fingerprint density at radius 1 is 1.07 bits per heavy atom. The molecule has 0 spiro atoms. The molecule has 0 aromatic carbocycles. The van der Waals surface area contributed by atoms with Gasteiger partial charge in [0.05, 0.1) is 20.6 Å². The highest BCUT2D eigenvalue weighted by Gasteiger charge is 2.19. The van der Waals surface area contributed by atoms with Crippen LogP contribution in [0.5, 0.6) is 0 Å². The summed E-state index contributed by atoms with van der Waals surface area (Å²) in [6.07, 6.45) is 3.51. The molecular formula is C11H14O2Si. The molecule has 0 aliphatic heterocycles. The van der Waals surface area contributed by atoms with E-state index in [0.29, 0.717) is 0 Å². The van der Waals surface area contributed by atoms with Gasteiger partial charge in [-0.3, -0.25) is 0 Å². The Hall–Kier alpha value is -1.22. The van der Waals surface area contributed by atoms with Crippen LogP contribution in [0.4, 0.5) is 0 Å². The number of furan rings is 2. The van der Waals surface area contributed by atoms with Crippen molar-refractivity contribution in [3.8, 4) is 11.5 Å². The summed E-state index contributed by atoms with van der Waals surface area (Å²) < 4.78 is 10.7. The molecule has 0 aliphatic rings.